The van der Waals surface area contributed by atoms with Gasteiger partial charge in [0.05, 0.1) is 36.3 Å². The molecule has 4 aliphatic rings. The van der Waals surface area contributed by atoms with Crippen LogP contribution in [0.2, 0.25) is 0 Å². The number of hydrogen-bond donors (Lipinski definition) is 3. The van der Waals surface area contributed by atoms with Gasteiger partial charge in [-0.1, -0.05) is 7.43 Å². The molecule has 2 aromatic carbocycles. The van der Waals surface area contributed by atoms with Gasteiger partial charge in [-0.15, -0.1) is 0 Å². The molecule has 15 heteroatoms. The molecule has 4 fully saturated rings. The second-order valence-electron chi connectivity index (χ2n) is 9.91. The van der Waals surface area contributed by atoms with Crippen LogP contribution in [0.4, 0.5) is 32.8 Å². The van der Waals surface area contributed by atoms with Crippen molar-refractivity contribution >= 4 is 28.4 Å². The molecule has 0 aromatic heterocycles. The lowest BCUT2D eigenvalue weighted by molar-refractivity contribution is -0.384. The van der Waals surface area contributed by atoms with Crippen LogP contribution in [0.15, 0.2) is 36.4 Å². The summed E-state index contributed by atoms with van der Waals surface area (Å²) in [7, 11) is 0. The first-order valence-corrected chi connectivity index (χ1v) is 13.4. The second kappa shape index (κ2) is 14.5. The van der Waals surface area contributed by atoms with Crippen LogP contribution in [0.3, 0.4) is 0 Å². The van der Waals surface area contributed by atoms with Crippen molar-refractivity contribution in [2.24, 2.45) is 0 Å². The van der Waals surface area contributed by atoms with Gasteiger partial charge in [-0.3, -0.25) is 20.2 Å². The van der Waals surface area contributed by atoms with Crippen LogP contribution in [0.1, 0.15) is 33.1 Å². The fraction of sp³-hybridized carbons (Fsp3) is 0.556. The number of piperidine rings is 2. The normalized spacial score (nSPS) is 20.1. The second-order valence-corrected chi connectivity index (χ2v) is 9.91. The molecule has 4 aliphatic heterocycles. The van der Waals surface area contributed by atoms with Crippen LogP contribution in [0.5, 0.6) is 0 Å². The Bertz CT molecular complexity index is 1210. The number of nitrogen functional groups attached to an aromatic ring is 2. The van der Waals surface area contributed by atoms with Crippen molar-refractivity contribution < 1.29 is 33.2 Å². The number of nitro benzene ring substituents is 2. The molecule has 14 nitrogen and oxygen atoms in total. The van der Waals surface area contributed by atoms with Gasteiger partial charge in [0.2, 0.25) is 0 Å². The molecule has 0 amide bonds. The Balaban J connectivity index is 0.000000187. The highest BCUT2D eigenvalue weighted by Gasteiger charge is 2.40. The highest BCUT2D eigenvalue weighted by Crippen LogP contribution is 2.35. The molecule has 42 heavy (non-hydrogen) atoms. The minimum absolute atomic E-state index is 0. The number of ether oxygens (including phenoxy) is 4. The zero-order chi connectivity index (χ0) is 29.5. The smallest absolute Gasteiger partial charge is 0.292 e. The van der Waals surface area contributed by atoms with E-state index in [1.165, 1.54) is 6.07 Å². The number of nitrogens with two attached hydrogens (primary N) is 2. The molecule has 0 saturated carbocycles. The molecule has 232 valence electrons. The van der Waals surface area contributed by atoms with E-state index >= 15 is 0 Å². The molecular formula is C27H39FN6O8. The molecule has 5 N–H and O–H groups in total. The number of benzene rings is 2. The molecular weight excluding hydrogens is 555 g/mol. The van der Waals surface area contributed by atoms with E-state index in [1.807, 2.05) is 0 Å². The van der Waals surface area contributed by atoms with Gasteiger partial charge in [0, 0.05) is 75.7 Å². The topological polar surface area (TPSA) is 191 Å². The molecule has 2 spiro atoms. The minimum atomic E-state index is -0.658. The number of rotatable bonds is 3. The Kier molecular flexibility index (Phi) is 11.4. The van der Waals surface area contributed by atoms with E-state index < -0.39 is 21.5 Å². The van der Waals surface area contributed by atoms with Crippen molar-refractivity contribution in [3.8, 4) is 0 Å². The summed E-state index contributed by atoms with van der Waals surface area (Å²) in [5, 5.41) is 24.2. The zero-order valence-corrected chi connectivity index (χ0v) is 22.6. The van der Waals surface area contributed by atoms with E-state index in [0.29, 0.717) is 13.2 Å². The van der Waals surface area contributed by atoms with Gasteiger partial charge < -0.3 is 40.6 Å². The summed E-state index contributed by atoms with van der Waals surface area (Å²) < 4.78 is 34.7. The van der Waals surface area contributed by atoms with Gasteiger partial charge >= 0.3 is 0 Å². The fourth-order valence-electron chi connectivity index (χ4n) is 5.08. The van der Waals surface area contributed by atoms with Crippen LogP contribution in [-0.4, -0.2) is 74.0 Å². The lowest BCUT2D eigenvalue weighted by Gasteiger charge is -2.38. The van der Waals surface area contributed by atoms with Crippen LogP contribution in [0, 0.1) is 26.0 Å². The number of nitro groups is 2. The summed E-state index contributed by atoms with van der Waals surface area (Å²) in [6.45, 7) is 6.50. The maximum atomic E-state index is 12.3. The van der Waals surface area contributed by atoms with Gasteiger partial charge in [0.15, 0.2) is 11.6 Å². The van der Waals surface area contributed by atoms with Gasteiger partial charge in [-0.25, -0.2) is 4.39 Å². The van der Waals surface area contributed by atoms with E-state index in [4.69, 9.17) is 30.4 Å². The summed E-state index contributed by atoms with van der Waals surface area (Å²) in [4.78, 5) is 21.9. The highest BCUT2D eigenvalue weighted by atomic mass is 19.1. The van der Waals surface area contributed by atoms with Crippen molar-refractivity contribution in [3.63, 3.8) is 0 Å². The Morgan fingerprint density at radius 1 is 0.762 bits per heavy atom. The van der Waals surface area contributed by atoms with E-state index in [1.54, 1.807) is 12.1 Å². The molecule has 0 radical (unpaired) electrons. The quantitative estimate of drug-likeness (QED) is 0.266. The maximum Gasteiger partial charge on any atom is 0.292 e. The maximum absolute atomic E-state index is 12.3. The Morgan fingerprint density at radius 3 is 1.67 bits per heavy atom. The molecule has 0 aliphatic carbocycles. The van der Waals surface area contributed by atoms with E-state index in [0.717, 1.165) is 89.0 Å². The van der Waals surface area contributed by atoms with Gasteiger partial charge in [0.25, 0.3) is 11.4 Å². The lowest BCUT2D eigenvalue weighted by atomic mass is 10.0. The molecule has 0 bridgehead atoms. The number of halogens is 1. The van der Waals surface area contributed by atoms with Gasteiger partial charge in [-0.05, 0) is 18.2 Å². The minimum Gasteiger partial charge on any atom is -0.393 e. The summed E-state index contributed by atoms with van der Waals surface area (Å²) in [5.74, 6) is -1.18. The Hall–Kier alpha value is -3.63. The first kappa shape index (κ1) is 32.9. The molecule has 6 rings (SSSR count). The molecule has 4 heterocycles. The summed E-state index contributed by atoms with van der Waals surface area (Å²) in [5.41, 5.74) is 11.5. The summed E-state index contributed by atoms with van der Waals surface area (Å²) >= 11 is 0. The van der Waals surface area contributed by atoms with E-state index in [9.17, 15) is 24.6 Å². The monoisotopic (exact) mass is 594 g/mol. The third kappa shape index (κ3) is 8.23. The number of anilines is 3. The first-order valence-electron chi connectivity index (χ1n) is 13.4. The van der Waals surface area contributed by atoms with Crippen LogP contribution in [-0.2, 0) is 18.9 Å². The summed E-state index contributed by atoms with van der Waals surface area (Å²) in [6.07, 6.45) is 3.60. The lowest BCUT2D eigenvalue weighted by Crippen LogP contribution is -2.45. The first-order chi connectivity index (χ1) is 19.6. The number of nitrogens with zero attached hydrogens (tertiary/aromatic N) is 3. The van der Waals surface area contributed by atoms with E-state index in [-0.39, 0.29) is 36.0 Å². The summed E-state index contributed by atoms with van der Waals surface area (Å²) in [6, 6.07) is 7.80. The highest BCUT2D eigenvalue weighted by molar-refractivity contribution is 5.66. The Labute approximate surface area is 243 Å². The molecule has 2 aromatic rings. The third-order valence-corrected chi connectivity index (χ3v) is 7.28. The van der Waals surface area contributed by atoms with Gasteiger partial charge in [0.1, 0.15) is 17.2 Å². The average Bonchev–Trinajstić information content (AvgIpc) is 3.60. The molecule has 0 atom stereocenters. The Morgan fingerprint density at radius 2 is 1.21 bits per heavy atom. The van der Waals surface area contributed by atoms with Crippen LogP contribution < -0.4 is 21.7 Å². The standard InChI is InChI=1S/C13H17N3O4.C7H13NO2.C6H5FN2O2.CH4/c14-11-9-10(1-2-12(11)16(17)18)15-5-3-13(4-6-15)19-7-8-20-13;1-3-8-4-2-7(1)9-5-6-10-7;7-4-1-2-6(9(10)11)5(8)3-4;/h1-2,9H,3-8,14H2;8H,1-6H2;1-3H,8H2;1H4. The van der Waals surface area contributed by atoms with Crippen LogP contribution >= 0.6 is 0 Å². The SMILES string of the molecule is C.C1CC2(CCN1)OCCO2.Nc1cc(F)ccc1[N+](=O)[O-].Nc1cc(N2CCC3(CC2)OCCO3)ccc1[N+](=O)[O-]. The van der Waals surface area contributed by atoms with Crippen molar-refractivity contribution in [2.75, 3.05) is 69.0 Å². The number of nitrogens with one attached hydrogen (secondary N) is 1. The van der Waals surface area contributed by atoms with Gasteiger partial charge in [-0.2, -0.15) is 0 Å². The van der Waals surface area contributed by atoms with Crippen molar-refractivity contribution in [1.29, 1.82) is 0 Å². The van der Waals surface area contributed by atoms with Crippen molar-refractivity contribution in [1.82, 2.24) is 5.32 Å². The third-order valence-electron chi connectivity index (χ3n) is 7.28. The molecule has 0 unspecified atom stereocenters. The predicted octanol–water partition coefficient (Wildman–Crippen LogP) is 3.59. The average molecular weight is 595 g/mol. The zero-order valence-electron chi connectivity index (χ0n) is 22.6. The predicted molar refractivity (Wildman–Crippen MR) is 155 cm³/mol. The fourth-order valence-corrected chi connectivity index (χ4v) is 5.08. The largest absolute Gasteiger partial charge is 0.393 e. The van der Waals surface area contributed by atoms with E-state index in [2.05, 4.69) is 10.2 Å². The molecule has 4 saturated heterocycles. The van der Waals surface area contributed by atoms with Crippen LogP contribution in [0.25, 0.3) is 0 Å². The van der Waals surface area contributed by atoms with Crippen molar-refractivity contribution in [2.45, 2.75) is 44.7 Å². The van der Waals surface area contributed by atoms with Crippen molar-refractivity contribution in [3.05, 3.63) is 62.4 Å². The number of hydrogen-bond acceptors (Lipinski definition) is 12.